The Morgan fingerprint density at radius 2 is 1.77 bits per heavy atom. The Labute approximate surface area is 186 Å². The molecule has 0 unspecified atom stereocenters. The Kier molecular flexibility index (Phi) is 7.69. The fourth-order valence-electron chi connectivity index (χ4n) is 2.96. The van der Waals surface area contributed by atoms with E-state index in [1.807, 2.05) is 86.7 Å². The van der Waals surface area contributed by atoms with Crippen molar-refractivity contribution < 1.29 is 9.53 Å². The minimum absolute atomic E-state index is 0.321. The van der Waals surface area contributed by atoms with E-state index in [4.69, 9.17) is 4.74 Å². The van der Waals surface area contributed by atoms with E-state index in [0.717, 1.165) is 26.9 Å². The first-order valence-electron chi connectivity index (χ1n) is 9.80. The number of benzene rings is 3. The van der Waals surface area contributed by atoms with E-state index in [1.165, 1.54) is 0 Å². The number of anilines is 2. The van der Waals surface area contributed by atoms with E-state index in [2.05, 4.69) is 32.6 Å². The molecule has 3 aromatic carbocycles. The standard InChI is InChI=1S/C25H25BrN2O2/c1-3-4-10-20-15-21(26)16-23(24(20)30-17-19-8-6-5-7-9-19)28-25(29)27-22-13-11-18(2)12-14-22/h3-9,11-16H,10,17H2,1-2H3,(H2,27,28,29). The number of allylic oxidation sites excluding steroid dienone is 2. The van der Waals surface area contributed by atoms with Gasteiger partial charge in [0.2, 0.25) is 0 Å². The Balaban J connectivity index is 1.83. The lowest BCUT2D eigenvalue weighted by atomic mass is 10.1. The third kappa shape index (κ3) is 6.22. The van der Waals surface area contributed by atoms with E-state index in [1.54, 1.807) is 0 Å². The molecule has 0 aliphatic heterocycles. The number of ether oxygens (including phenoxy) is 1. The van der Waals surface area contributed by atoms with Crippen molar-refractivity contribution in [3.8, 4) is 5.75 Å². The van der Waals surface area contributed by atoms with Crippen molar-refractivity contribution in [1.29, 1.82) is 0 Å². The Bertz CT molecular complexity index is 1020. The number of aryl methyl sites for hydroxylation is 1. The molecule has 0 saturated heterocycles. The Morgan fingerprint density at radius 1 is 1.03 bits per heavy atom. The molecule has 0 fully saturated rings. The molecule has 0 bridgehead atoms. The molecule has 3 rings (SSSR count). The first-order chi connectivity index (χ1) is 14.5. The summed E-state index contributed by atoms with van der Waals surface area (Å²) in [6.45, 7) is 4.41. The van der Waals surface area contributed by atoms with E-state index in [9.17, 15) is 4.79 Å². The summed E-state index contributed by atoms with van der Waals surface area (Å²) in [5.74, 6) is 0.666. The molecule has 0 spiro atoms. The maximum absolute atomic E-state index is 12.6. The largest absolute Gasteiger partial charge is 0.486 e. The number of urea groups is 1. The number of rotatable bonds is 7. The smallest absolute Gasteiger partial charge is 0.323 e. The monoisotopic (exact) mass is 464 g/mol. The number of hydrogen-bond acceptors (Lipinski definition) is 2. The van der Waals surface area contributed by atoms with Gasteiger partial charge in [-0.05, 0) is 50.1 Å². The van der Waals surface area contributed by atoms with Gasteiger partial charge in [-0.25, -0.2) is 4.79 Å². The molecule has 0 aliphatic rings. The first-order valence-corrected chi connectivity index (χ1v) is 10.6. The molecule has 2 amide bonds. The second kappa shape index (κ2) is 10.6. The average molecular weight is 465 g/mol. The van der Waals surface area contributed by atoms with Crippen molar-refractivity contribution in [2.75, 3.05) is 10.6 Å². The summed E-state index contributed by atoms with van der Waals surface area (Å²) < 4.78 is 7.05. The highest BCUT2D eigenvalue weighted by atomic mass is 79.9. The van der Waals surface area contributed by atoms with Crippen LogP contribution in [0.4, 0.5) is 16.2 Å². The molecule has 154 valence electrons. The molecule has 5 heteroatoms. The third-order valence-electron chi connectivity index (χ3n) is 4.49. The predicted octanol–water partition coefficient (Wildman–Crippen LogP) is 7.10. The van der Waals surface area contributed by atoms with Crippen LogP contribution in [0.15, 0.2) is 83.4 Å². The van der Waals surface area contributed by atoms with E-state index in [-0.39, 0.29) is 6.03 Å². The number of amides is 2. The molecular weight excluding hydrogens is 440 g/mol. The fourth-order valence-corrected chi connectivity index (χ4v) is 3.47. The SMILES string of the molecule is CC=CCc1cc(Br)cc(NC(=O)Nc2ccc(C)cc2)c1OCc1ccccc1. The van der Waals surface area contributed by atoms with Gasteiger partial charge in [-0.3, -0.25) is 0 Å². The van der Waals surface area contributed by atoms with E-state index < -0.39 is 0 Å². The summed E-state index contributed by atoms with van der Waals surface area (Å²) >= 11 is 3.55. The highest BCUT2D eigenvalue weighted by Crippen LogP contribution is 2.34. The van der Waals surface area contributed by atoms with Crippen LogP contribution in [0.1, 0.15) is 23.6 Å². The van der Waals surface area contributed by atoms with Gasteiger partial charge in [0, 0.05) is 15.7 Å². The normalized spacial score (nSPS) is 10.8. The van der Waals surface area contributed by atoms with Crippen LogP contribution in [0.25, 0.3) is 0 Å². The number of nitrogens with one attached hydrogen (secondary N) is 2. The molecular formula is C25H25BrN2O2. The van der Waals surface area contributed by atoms with Crippen LogP contribution in [-0.2, 0) is 13.0 Å². The third-order valence-corrected chi connectivity index (χ3v) is 4.95. The van der Waals surface area contributed by atoms with Crippen molar-refractivity contribution in [2.45, 2.75) is 26.9 Å². The molecule has 3 aromatic rings. The van der Waals surface area contributed by atoms with Gasteiger partial charge >= 0.3 is 6.03 Å². The molecule has 30 heavy (non-hydrogen) atoms. The lowest BCUT2D eigenvalue weighted by molar-refractivity contribution is 0.261. The van der Waals surface area contributed by atoms with E-state index in [0.29, 0.717) is 24.5 Å². The Morgan fingerprint density at radius 3 is 2.47 bits per heavy atom. The zero-order valence-corrected chi connectivity index (χ0v) is 18.7. The van der Waals surface area contributed by atoms with Gasteiger partial charge in [-0.1, -0.05) is 76.1 Å². The van der Waals surface area contributed by atoms with Crippen molar-refractivity contribution in [2.24, 2.45) is 0 Å². The van der Waals surface area contributed by atoms with Crippen LogP contribution in [0.5, 0.6) is 5.75 Å². The fraction of sp³-hybridized carbons (Fsp3) is 0.160. The summed E-state index contributed by atoms with van der Waals surface area (Å²) in [5.41, 5.74) is 4.54. The molecule has 0 aromatic heterocycles. The van der Waals surface area contributed by atoms with Gasteiger partial charge < -0.3 is 15.4 Å². The Hall–Kier alpha value is -3.05. The molecule has 0 radical (unpaired) electrons. The van der Waals surface area contributed by atoms with Crippen LogP contribution in [0.3, 0.4) is 0 Å². The number of carbonyl (C=O) groups is 1. The van der Waals surface area contributed by atoms with Crippen LogP contribution < -0.4 is 15.4 Å². The van der Waals surface area contributed by atoms with Crippen molar-refractivity contribution in [3.05, 3.63) is 100 Å². The van der Waals surface area contributed by atoms with Gasteiger partial charge in [0.15, 0.2) is 0 Å². The number of halogens is 1. The highest BCUT2D eigenvalue weighted by molar-refractivity contribution is 9.10. The minimum Gasteiger partial charge on any atom is -0.486 e. The van der Waals surface area contributed by atoms with Crippen molar-refractivity contribution in [3.63, 3.8) is 0 Å². The van der Waals surface area contributed by atoms with Crippen LogP contribution >= 0.6 is 15.9 Å². The average Bonchev–Trinajstić information content (AvgIpc) is 2.73. The van der Waals surface area contributed by atoms with Crippen LogP contribution in [0, 0.1) is 6.92 Å². The van der Waals surface area contributed by atoms with Crippen LogP contribution in [0.2, 0.25) is 0 Å². The summed E-state index contributed by atoms with van der Waals surface area (Å²) in [4.78, 5) is 12.6. The second-order valence-electron chi connectivity index (χ2n) is 6.93. The van der Waals surface area contributed by atoms with Crippen LogP contribution in [-0.4, -0.2) is 6.03 Å². The molecule has 0 atom stereocenters. The van der Waals surface area contributed by atoms with Gasteiger partial charge in [-0.15, -0.1) is 0 Å². The molecule has 0 saturated carbocycles. The second-order valence-corrected chi connectivity index (χ2v) is 7.85. The molecule has 2 N–H and O–H groups in total. The van der Waals surface area contributed by atoms with Gasteiger partial charge in [0.1, 0.15) is 12.4 Å². The van der Waals surface area contributed by atoms with Gasteiger partial charge in [0.25, 0.3) is 0 Å². The van der Waals surface area contributed by atoms with Crippen molar-refractivity contribution in [1.82, 2.24) is 0 Å². The first kappa shape index (κ1) is 21.7. The van der Waals surface area contributed by atoms with E-state index >= 15 is 0 Å². The summed E-state index contributed by atoms with van der Waals surface area (Å²) in [6.07, 6.45) is 4.76. The zero-order valence-electron chi connectivity index (χ0n) is 17.1. The number of carbonyl (C=O) groups excluding carboxylic acids is 1. The molecule has 0 heterocycles. The molecule has 0 aliphatic carbocycles. The summed E-state index contributed by atoms with van der Waals surface area (Å²) in [7, 11) is 0. The summed E-state index contributed by atoms with van der Waals surface area (Å²) in [6, 6.07) is 21.2. The zero-order chi connectivity index (χ0) is 21.3. The highest BCUT2D eigenvalue weighted by Gasteiger charge is 2.14. The van der Waals surface area contributed by atoms with Gasteiger partial charge in [0.05, 0.1) is 5.69 Å². The lowest BCUT2D eigenvalue weighted by Gasteiger charge is -2.17. The number of hydrogen-bond donors (Lipinski definition) is 2. The maximum Gasteiger partial charge on any atom is 0.323 e. The van der Waals surface area contributed by atoms with Crippen molar-refractivity contribution >= 4 is 33.3 Å². The quantitative estimate of drug-likeness (QED) is 0.366. The summed E-state index contributed by atoms with van der Waals surface area (Å²) in [5, 5.41) is 5.80. The maximum atomic E-state index is 12.6. The minimum atomic E-state index is -0.321. The topological polar surface area (TPSA) is 50.4 Å². The molecule has 4 nitrogen and oxygen atoms in total. The predicted molar refractivity (Wildman–Crippen MR) is 127 cm³/mol. The van der Waals surface area contributed by atoms with Gasteiger partial charge in [-0.2, -0.15) is 0 Å². The lowest BCUT2D eigenvalue weighted by Crippen LogP contribution is -2.20.